The molecule has 146 valence electrons. The Labute approximate surface area is 160 Å². The first-order valence-corrected chi connectivity index (χ1v) is 10.2. The fourth-order valence-electron chi connectivity index (χ4n) is 2.33. The number of rotatable bonds is 9. The van der Waals surface area contributed by atoms with E-state index in [2.05, 4.69) is 20.3 Å². The number of nitrogens with zero attached hydrogens (tertiary/aromatic N) is 1. The zero-order chi connectivity index (χ0) is 19.5. The molecule has 0 aliphatic carbocycles. The molecular formula is C19H26N4O3S. The maximum absolute atomic E-state index is 12.2. The third-order valence-corrected chi connectivity index (χ3v) is 5.14. The molecule has 0 radical (unpaired) electrons. The van der Waals surface area contributed by atoms with Gasteiger partial charge in [-0.1, -0.05) is 30.3 Å². The predicted molar refractivity (Wildman–Crippen MR) is 107 cm³/mol. The number of benzene rings is 2. The monoisotopic (exact) mass is 390 g/mol. The zero-order valence-corrected chi connectivity index (χ0v) is 16.4. The molecule has 0 amide bonds. The molecule has 0 aliphatic heterocycles. The average Bonchev–Trinajstić information content (AvgIpc) is 2.70. The van der Waals surface area contributed by atoms with Gasteiger partial charge in [0.2, 0.25) is 10.0 Å². The van der Waals surface area contributed by atoms with Crippen molar-refractivity contribution in [1.29, 1.82) is 0 Å². The summed E-state index contributed by atoms with van der Waals surface area (Å²) in [4.78, 5) is 4.77. The Balaban J connectivity index is 1.86. The molecule has 3 N–H and O–H groups in total. The van der Waals surface area contributed by atoms with Crippen LogP contribution >= 0.6 is 0 Å². The Bertz CT molecular complexity index is 839. The van der Waals surface area contributed by atoms with Crippen LogP contribution in [0.1, 0.15) is 12.5 Å². The van der Waals surface area contributed by atoms with Crippen molar-refractivity contribution < 1.29 is 13.2 Å². The molecule has 0 heterocycles. The highest BCUT2D eigenvalue weighted by molar-refractivity contribution is 7.89. The van der Waals surface area contributed by atoms with Crippen LogP contribution in [-0.2, 0) is 16.6 Å². The van der Waals surface area contributed by atoms with Gasteiger partial charge in [0, 0.05) is 19.6 Å². The van der Waals surface area contributed by atoms with E-state index in [1.54, 1.807) is 37.4 Å². The highest BCUT2D eigenvalue weighted by Crippen LogP contribution is 2.13. The van der Waals surface area contributed by atoms with Crippen LogP contribution in [0.4, 0.5) is 0 Å². The van der Waals surface area contributed by atoms with Crippen molar-refractivity contribution in [2.45, 2.75) is 18.4 Å². The predicted octanol–water partition coefficient (Wildman–Crippen LogP) is 1.73. The lowest BCUT2D eigenvalue weighted by molar-refractivity contribution is 0.414. The van der Waals surface area contributed by atoms with E-state index in [4.69, 9.17) is 4.74 Å². The molecule has 0 unspecified atom stereocenters. The SMILES string of the molecule is CCNC(=NCc1cccc(OC)c1)NCCNS(=O)(=O)c1ccccc1. The topological polar surface area (TPSA) is 91.8 Å². The van der Waals surface area contributed by atoms with Gasteiger partial charge in [-0.2, -0.15) is 0 Å². The Kier molecular flexibility index (Phi) is 8.09. The lowest BCUT2D eigenvalue weighted by Gasteiger charge is -2.12. The van der Waals surface area contributed by atoms with Crippen molar-refractivity contribution in [3.63, 3.8) is 0 Å². The summed E-state index contributed by atoms with van der Waals surface area (Å²) in [6.45, 7) is 3.83. The van der Waals surface area contributed by atoms with Crippen LogP contribution in [0.5, 0.6) is 5.75 Å². The van der Waals surface area contributed by atoms with Crippen molar-refractivity contribution in [3.05, 3.63) is 60.2 Å². The normalized spacial score (nSPS) is 11.9. The Morgan fingerprint density at radius 2 is 1.81 bits per heavy atom. The van der Waals surface area contributed by atoms with Crippen LogP contribution in [0.15, 0.2) is 64.5 Å². The van der Waals surface area contributed by atoms with Gasteiger partial charge in [-0.15, -0.1) is 0 Å². The average molecular weight is 391 g/mol. The molecule has 27 heavy (non-hydrogen) atoms. The largest absolute Gasteiger partial charge is 0.497 e. The first-order chi connectivity index (χ1) is 13.0. The summed E-state index contributed by atoms with van der Waals surface area (Å²) in [7, 11) is -1.87. The van der Waals surface area contributed by atoms with Gasteiger partial charge in [-0.3, -0.25) is 0 Å². The summed E-state index contributed by atoms with van der Waals surface area (Å²) in [5, 5.41) is 6.27. The van der Waals surface area contributed by atoms with Crippen LogP contribution in [0.2, 0.25) is 0 Å². The van der Waals surface area contributed by atoms with Gasteiger partial charge in [-0.05, 0) is 36.8 Å². The molecule has 2 aromatic carbocycles. The van der Waals surface area contributed by atoms with Crippen molar-refractivity contribution in [2.75, 3.05) is 26.7 Å². The van der Waals surface area contributed by atoms with Gasteiger partial charge in [-0.25, -0.2) is 18.1 Å². The second kappa shape index (κ2) is 10.5. The van der Waals surface area contributed by atoms with Crippen LogP contribution < -0.4 is 20.1 Å². The van der Waals surface area contributed by atoms with Gasteiger partial charge < -0.3 is 15.4 Å². The van der Waals surface area contributed by atoms with Gasteiger partial charge in [0.05, 0.1) is 18.6 Å². The van der Waals surface area contributed by atoms with E-state index >= 15 is 0 Å². The second-order valence-corrected chi connectivity index (χ2v) is 7.45. The molecule has 8 heteroatoms. The van der Waals surface area contributed by atoms with Crippen LogP contribution in [0.3, 0.4) is 0 Å². The molecule has 0 saturated carbocycles. The highest BCUT2D eigenvalue weighted by Gasteiger charge is 2.12. The summed E-state index contributed by atoms with van der Waals surface area (Å²) in [6.07, 6.45) is 0. The molecule has 0 aromatic heterocycles. The number of methoxy groups -OCH3 is 1. The number of guanidine groups is 1. The van der Waals surface area contributed by atoms with E-state index in [0.29, 0.717) is 25.6 Å². The van der Waals surface area contributed by atoms with Crippen LogP contribution in [-0.4, -0.2) is 41.1 Å². The maximum Gasteiger partial charge on any atom is 0.240 e. The van der Waals surface area contributed by atoms with Gasteiger partial charge in [0.15, 0.2) is 5.96 Å². The molecule has 0 aliphatic rings. The molecule has 0 atom stereocenters. The summed E-state index contributed by atoms with van der Waals surface area (Å²) in [5.74, 6) is 1.41. The minimum Gasteiger partial charge on any atom is -0.497 e. The molecule has 2 rings (SSSR count). The van der Waals surface area contributed by atoms with E-state index in [9.17, 15) is 8.42 Å². The quantitative estimate of drug-likeness (QED) is 0.345. The van der Waals surface area contributed by atoms with Crippen molar-refractivity contribution in [2.24, 2.45) is 4.99 Å². The summed E-state index contributed by atoms with van der Waals surface area (Å²) < 4.78 is 32.1. The first-order valence-electron chi connectivity index (χ1n) is 8.75. The maximum atomic E-state index is 12.2. The minimum absolute atomic E-state index is 0.251. The number of aliphatic imine (C=N–C) groups is 1. The Hall–Kier alpha value is -2.58. The van der Waals surface area contributed by atoms with Gasteiger partial charge >= 0.3 is 0 Å². The third kappa shape index (κ3) is 6.92. The fraction of sp³-hybridized carbons (Fsp3) is 0.316. The molecule has 0 saturated heterocycles. The third-order valence-electron chi connectivity index (χ3n) is 3.66. The van der Waals surface area contributed by atoms with Gasteiger partial charge in [0.25, 0.3) is 0 Å². The molecule has 0 bridgehead atoms. The number of sulfonamides is 1. The van der Waals surface area contributed by atoms with Crippen molar-refractivity contribution in [3.8, 4) is 5.75 Å². The summed E-state index contributed by atoms with van der Waals surface area (Å²) in [5.41, 5.74) is 1.02. The first kappa shape index (κ1) is 20.7. The number of hydrogen-bond donors (Lipinski definition) is 3. The lowest BCUT2D eigenvalue weighted by atomic mass is 10.2. The fourth-order valence-corrected chi connectivity index (χ4v) is 3.39. The summed E-state index contributed by atoms with van der Waals surface area (Å²) >= 11 is 0. The smallest absolute Gasteiger partial charge is 0.240 e. The van der Waals surface area contributed by atoms with E-state index < -0.39 is 10.0 Å². The Morgan fingerprint density at radius 3 is 2.52 bits per heavy atom. The Morgan fingerprint density at radius 1 is 1.04 bits per heavy atom. The number of ether oxygens (including phenoxy) is 1. The molecule has 0 fully saturated rings. The van der Waals surface area contributed by atoms with E-state index in [1.807, 2.05) is 31.2 Å². The molecule has 7 nitrogen and oxygen atoms in total. The van der Waals surface area contributed by atoms with Crippen molar-refractivity contribution in [1.82, 2.24) is 15.4 Å². The van der Waals surface area contributed by atoms with Crippen molar-refractivity contribution >= 4 is 16.0 Å². The van der Waals surface area contributed by atoms with E-state index in [0.717, 1.165) is 11.3 Å². The summed E-state index contributed by atoms with van der Waals surface area (Å²) in [6, 6.07) is 16.0. The number of nitrogens with one attached hydrogen (secondary N) is 3. The van der Waals surface area contributed by atoms with Crippen LogP contribution in [0, 0.1) is 0 Å². The van der Waals surface area contributed by atoms with E-state index in [1.165, 1.54) is 0 Å². The molecular weight excluding hydrogens is 364 g/mol. The molecule has 0 spiro atoms. The highest BCUT2D eigenvalue weighted by atomic mass is 32.2. The van der Waals surface area contributed by atoms with E-state index in [-0.39, 0.29) is 11.4 Å². The molecule has 2 aromatic rings. The van der Waals surface area contributed by atoms with Gasteiger partial charge in [0.1, 0.15) is 5.75 Å². The number of hydrogen-bond acceptors (Lipinski definition) is 4. The lowest BCUT2D eigenvalue weighted by Crippen LogP contribution is -2.41. The minimum atomic E-state index is -3.50. The van der Waals surface area contributed by atoms with Crippen LogP contribution in [0.25, 0.3) is 0 Å². The zero-order valence-electron chi connectivity index (χ0n) is 15.6. The standard InChI is InChI=1S/C19H26N4O3S/c1-3-20-19(22-15-16-8-7-9-17(14-16)26-2)21-12-13-23-27(24,25)18-10-5-4-6-11-18/h4-11,14,23H,3,12-13,15H2,1-2H3,(H2,20,21,22). The second-order valence-electron chi connectivity index (χ2n) is 5.68.